The topological polar surface area (TPSA) is 59.1 Å². The first kappa shape index (κ1) is 35.2. The fraction of sp³-hybridized carbons (Fsp3) is 0.905. The second-order valence-electron chi connectivity index (χ2n) is 18.3. The standard InChI is InChI=1S/C42H68N2O4/c1-7-43(18-11-19-44-20-16-29(4)17-21-44)26-37-33(31-12-9-8-10-13-31)23-38(48-37)41-25-34-30(5)14-15-35(34)40(27-45)24-32(41)22-36(28(2)3)42(40,41)39(46)47-6/h22,27-35,37-38H,7-21,23-26H2,1-6H3/t30-,32?,33?,34-,35-,37?,38?,40?,41?,42+/m1/s1. The molecule has 2 heterocycles. The highest BCUT2D eigenvalue weighted by molar-refractivity contribution is 5.91. The van der Waals surface area contributed by atoms with Crippen LogP contribution >= 0.6 is 0 Å². The van der Waals surface area contributed by atoms with Gasteiger partial charge in [0.1, 0.15) is 11.7 Å². The van der Waals surface area contributed by atoms with Crippen molar-refractivity contribution in [3.8, 4) is 0 Å². The highest BCUT2D eigenvalue weighted by Gasteiger charge is 2.86. The minimum Gasteiger partial charge on any atom is -0.468 e. The molecule has 0 N–H and O–H groups in total. The fourth-order valence-corrected chi connectivity index (χ4v) is 13.8. The number of carbonyl (C=O) groups is 2. The number of carbonyl (C=O) groups excluding carboxylic acids is 2. The molecule has 6 nitrogen and oxygen atoms in total. The Morgan fingerprint density at radius 2 is 1.81 bits per heavy atom. The molecule has 4 saturated carbocycles. The van der Waals surface area contributed by atoms with Crippen LogP contribution in [-0.4, -0.2) is 80.6 Å². The average Bonchev–Trinajstić information content (AvgIpc) is 3.82. The number of likely N-dealkylation sites (N-methyl/N-ethyl adjacent to an activating group) is 1. The van der Waals surface area contributed by atoms with Crippen LogP contribution in [0.1, 0.15) is 118 Å². The first-order valence-electron chi connectivity index (χ1n) is 20.5. The van der Waals surface area contributed by atoms with E-state index in [9.17, 15) is 9.59 Å². The van der Waals surface area contributed by atoms with Crippen LogP contribution in [0.15, 0.2) is 11.6 Å². The lowest BCUT2D eigenvalue weighted by Gasteiger charge is -2.60. The molecule has 0 radical (unpaired) electrons. The lowest BCUT2D eigenvalue weighted by Crippen LogP contribution is -2.65. The van der Waals surface area contributed by atoms with Gasteiger partial charge in [-0.15, -0.1) is 0 Å². The summed E-state index contributed by atoms with van der Waals surface area (Å²) in [5.41, 5.74) is -0.798. The Bertz CT molecular complexity index is 1200. The summed E-state index contributed by atoms with van der Waals surface area (Å²) >= 11 is 0. The second-order valence-corrected chi connectivity index (χ2v) is 18.3. The Hall–Kier alpha value is -1.24. The zero-order chi connectivity index (χ0) is 33.8. The van der Waals surface area contributed by atoms with Crippen molar-refractivity contribution in [1.29, 1.82) is 0 Å². The van der Waals surface area contributed by atoms with E-state index in [2.05, 4.69) is 50.5 Å². The van der Waals surface area contributed by atoms with E-state index in [4.69, 9.17) is 9.47 Å². The summed E-state index contributed by atoms with van der Waals surface area (Å²) in [5.74, 6) is 3.64. The summed E-state index contributed by atoms with van der Waals surface area (Å²) in [6, 6.07) is 0. The van der Waals surface area contributed by atoms with E-state index >= 15 is 0 Å². The summed E-state index contributed by atoms with van der Waals surface area (Å²) < 4.78 is 13.5. The quantitative estimate of drug-likeness (QED) is 0.121. The van der Waals surface area contributed by atoms with Gasteiger partial charge in [-0.2, -0.15) is 0 Å². The highest BCUT2D eigenvalue weighted by Crippen LogP contribution is 2.84. The number of fused-ring (bicyclic) bond motifs is 2. The second kappa shape index (κ2) is 13.7. The van der Waals surface area contributed by atoms with Crippen molar-refractivity contribution in [2.24, 2.45) is 63.6 Å². The van der Waals surface area contributed by atoms with Crippen LogP contribution in [0.25, 0.3) is 0 Å². The Balaban J connectivity index is 1.21. The number of likely N-dealkylation sites (tertiary alicyclic amines) is 1. The number of methoxy groups -OCH3 is 1. The van der Waals surface area contributed by atoms with E-state index in [0.717, 1.165) is 57.7 Å². The third kappa shape index (κ3) is 5.17. The number of rotatable bonds is 12. The van der Waals surface area contributed by atoms with Gasteiger partial charge in [0.25, 0.3) is 0 Å². The maximum atomic E-state index is 14.8. The highest BCUT2D eigenvalue weighted by atomic mass is 16.5. The van der Waals surface area contributed by atoms with Gasteiger partial charge in [-0.3, -0.25) is 4.79 Å². The molecule has 4 bridgehead atoms. The molecule has 7 aliphatic rings. The van der Waals surface area contributed by atoms with Gasteiger partial charge in [0, 0.05) is 12.0 Å². The minimum atomic E-state index is -0.909. The molecule has 48 heavy (non-hydrogen) atoms. The number of allylic oxidation sites excluding steroid dienone is 1. The molecule has 0 aromatic heterocycles. The van der Waals surface area contributed by atoms with Crippen molar-refractivity contribution in [3.05, 3.63) is 11.6 Å². The molecule has 6 fully saturated rings. The normalized spacial score (nSPS) is 43.2. The fourth-order valence-electron chi connectivity index (χ4n) is 13.8. The third-order valence-corrected chi connectivity index (χ3v) is 16.0. The molecular weight excluding hydrogens is 596 g/mol. The Labute approximate surface area is 292 Å². The van der Waals surface area contributed by atoms with Crippen LogP contribution in [0.3, 0.4) is 0 Å². The Morgan fingerprint density at radius 1 is 1.06 bits per heavy atom. The van der Waals surface area contributed by atoms with Gasteiger partial charge >= 0.3 is 5.97 Å². The van der Waals surface area contributed by atoms with Crippen LogP contribution in [0.2, 0.25) is 0 Å². The maximum Gasteiger partial charge on any atom is 0.317 e. The van der Waals surface area contributed by atoms with Gasteiger partial charge in [-0.1, -0.05) is 84.8 Å². The van der Waals surface area contributed by atoms with Crippen molar-refractivity contribution in [1.82, 2.24) is 9.80 Å². The zero-order valence-corrected chi connectivity index (χ0v) is 31.4. The maximum absolute atomic E-state index is 14.8. The first-order chi connectivity index (χ1) is 23.2. The number of ether oxygens (including phenoxy) is 2. The predicted octanol–water partition coefficient (Wildman–Crippen LogP) is 7.80. The molecule has 2 saturated heterocycles. The molecule has 0 spiro atoms. The van der Waals surface area contributed by atoms with E-state index < -0.39 is 16.2 Å². The lowest BCUT2D eigenvalue weighted by molar-refractivity contribution is -0.200. The van der Waals surface area contributed by atoms with Gasteiger partial charge in [0.15, 0.2) is 0 Å². The van der Waals surface area contributed by atoms with Crippen LogP contribution in [0.4, 0.5) is 0 Å². The Kier molecular flexibility index (Phi) is 10.1. The number of hydrogen-bond donors (Lipinski definition) is 0. The molecule has 270 valence electrons. The molecule has 0 aromatic carbocycles. The smallest absolute Gasteiger partial charge is 0.317 e. The van der Waals surface area contributed by atoms with Crippen molar-refractivity contribution in [2.75, 3.05) is 46.4 Å². The molecule has 0 aromatic rings. The molecule has 5 aliphatic carbocycles. The number of aldehydes is 1. The van der Waals surface area contributed by atoms with E-state index in [0.29, 0.717) is 23.7 Å². The third-order valence-electron chi connectivity index (χ3n) is 16.0. The van der Waals surface area contributed by atoms with E-state index in [1.165, 1.54) is 82.9 Å². The first-order valence-corrected chi connectivity index (χ1v) is 20.5. The zero-order valence-electron chi connectivity index (χ0n) is 31.4. The average molecular weight is 665 g/mol. The SMILES string of the molecule is CCN(CCCN1CCC(C)CC1)CC1OC(C23C[C@@H]4[C@H](C)CC[C@H]4C4(C=O)CC2C=C(C(C)C)[C@@]34C(=O)OC)CC1C1CCCCC1. The number of hydrogen-bond acceptors (Lipinski definition) is 6. The summed E-state index contributed by atoms with van der Waals surface area (Å²) in [6.07, 6.45) is 19.5. The van der Waals surface area contributed by atoms with Crippen molar-refractivity contribution >= 4 is 12.3 Å². The van der Waals surface area contributed by atoms with E-state index in [1.807, 2.05) is 0 Å². The number of nitrogens with zero attached hydrogens (tertiary/aromatic N) is 2. The van der Waals surface area contributed by atoms with Crippen LogP contribution in [0.5, 0.6) is 0 Å². The van der Waals surface area contributed by atoms with Crippen molar-refractivity contribution in [2.45, 2.75) is 130 Å². The number of piperidine rings is 1. The summed E-state index contributed by atoms with van der Waals surface area (Å²) in [7, 11) is 1.57. The summed E-state index contributed by atoms with van der Waals surface area (Å²) in [5, 5.41) is 0. The predicted molar refractivity (Wildman–Crippen MR) is 191 cm³/mol. The van der Waals surface area contributed by atoms with Crippen LogP contribution in [0, 0.1) is 63.6 Å². The van der Waals surface area contributed by atoms with Gasteiger partial charge in [0.05, 0.1) is 24.7 Å². The Morgan fingerprint density at radius 3 is 2.48 bits per heavy atom. The van der Waals surface area contributed by atoms with E-state index in [-0.39, 0.29) is 35.9 Å². The van der Waals surface area contributed by atoms with Gasteiger partial charge < -0.3 is 24.1 Å². The molecule has 10 atom stereocenters. The molecule has 2 aliphatic heterocycles. The van der Waals surface area contributed by atoms with Gasteiger partial charge in [-0.25, -0.2) is 0 Å². The van der Waals surface area contributed by atoms with Crippen molar-refractivity contribution in [3.63, 3.8) is 0 Å². The minimum absolute atomic E-state index is 0.0179. The van der Waals surface area contributed by atoms with Crippen LogP contribution < -0.4 is 0 Å². The van der Waals surface area contributed by atoms with Gasteiger partial charge in [-0.05, 0) is 125 Å². The van der Waals surface area contributed by atoms with E-state index in [1.54, 1.807) is 7.11 Å². The number of esters is 1. The molecule has 6 unspecified atom stereocenters. The molecular formula is C42H68N2O4. The molecule has 0 amide bonds. The summed E-state index contributed by atoms with van der Waals surface area (Å²) in [4.78, 5) is 34.0. The summed E-state index contributed by atoms with van der Waals surface area (Å²) in [6.45, 7) is 18.5. The monoisotopic (exact) mass is 665 g/mol. The largest absolute Gasteiger partial charge is 0.468 e. The van der Waals surface area contributed by atoms with Crippen molar-refractivity contribution < 1.29 is 19.1 Å². The van der Waals surface area contributed by atoms with Gasteiger partial charge in [0.2, 0.25) is 0 Å². The molecule has 7 rings (SSSR count). The van der Waals surface area contributed by atoms with Crippen LogP contribution in [-0.2, 0) is 19.1 Å². The molecule has 6 heteroatoms. The lowest BCUT2D eigenvalue weighted by atomic mass is 9.41.